The standard InChI is InChI=1S/C23H32N4O3/c1-4-15(5-2)9-19-22(29)27(14(3)26-19)16-10-23(11-16)12-17(13-23)30-21-18(20(24)28)7-6-8-25-21/h6-8,15-17,19,26H,3-5,9-13H2,1-2H3,(H2,24,28). The van der Waals surface area contributed by atoms with Gasteiger partial charge in [0.25, 0.3) is 11.8 Å². The Bertz CT molecular complexity index is 837. The van der Waals surface area contributed by atoms with Crippen LogP contribution in [0.1, 0.15) is 69.2 Å². The van der Waals surface area contributed by atoms with Crippen molar-refractivity contribution in [2.75, 3.05) is 0 Å². The number of carbonyl (C=O) groups excluding carboxylic acids is 2. The molecule has 1 aromatic heterocycles. The molecule has 1 atom stereocenters. The molecule has 2 saturated carbocycles. The molecule has 1 aromatic rings. The van der Waals surface area contributed by atoms with Crippen molar-refractivity contribution in [1.82, 2.24) is 15.2 Å². The second-order valence-electron chi connectivity index (χ2n) is 9.20. The van der Waals surface area contributed by atoms with Crippen LogP contribution in [0.4, 0.5) is 0 Å². The summed E-state index contributed by atoms with van der Waals surface area (Å²) in [6, 6.07) is 3.40. The SMILES string of the molecule is C=C1NC(CC(CC)CC)C(=O)N1C1CC2(CC(Oc3ncccc3C(N)=O)C2)C1. The minimum atomic E-state index is -0.530. The molecule has 3 fully saturated rings. The first-order valence-corrected chi connectivity index (χ1v) is 11.1. The van der Waals surface area contributed by atoms with E-state index in [1.165, 1.54) is 0 Å². The number of hydrogen-bond acceptors (Lipinski definition) is 5. The van der Waals surface area contributed by atoms with Gasteiger partial charge in [-0.25, -0.2) is 4.98 Å². The van der Waals surface area contributed by atoms with Crippen molar-refractivity contribution in [2.24, 2.45) is 17.1 Å². The summed E-state index contributed by atoms with van der Waals surface area (Å²) in [5, 5.41) is 3.33. The highest BCUT2D eigenvalue weighted by atomic mass is 16.5. The van der Waals surface area contributed by atoms with Crippen LogP contribution in [0.5, 0.6) is 5.88 Å². The largest absolute Gasteiger partial charge is 0.474 e. The Morgan fingerprint density at radius 2 is 2.07 bits per heavy atom. The lowest BCUT2D eigenvalue weighted by Gasteiger charge is -2.58. The van der Waals surface area contributed by atoms with Gasteiger partial charge in [-0.1, -0.05) is 33.3 Å². The highest BCUT2D eigenvalue weighted by Gasteiger charge is 2.57. The summed E-state index contributed by atoms with van der Waals surface area (Å²) >= 11 is 0. The summed E-state index contributed by atoms with van der Waals surface area (Å²) in [5.41, 5.74) is 5.95. The van der Waals surface area contributed by atoms with E-state index in [1.54, 1.807) is 18.3 Å². The summed E-state index contributed by atoms with van der Waals surface area (Å²) in [7, 11) is 0. The number of rotatable bonds is 8. The van der Waals surface area contributed by atoms with Gasteiger partial charge in [0, 0.05) is 12.2 Å². The highest BCUT2D eigenvalue weighted by Crippen LogP contribution is 2.58. The summed E-state index contributed by atoms with van der Waals surface area (Å²) in [6.45, 7) is 8.47. The predicted molar refractivity (Wildman–Crippen MR) is 113 cm³/mol. The van der Waals surface area contributed by atoms with E-state index in [2.05, 4.69) is 30.7 Å². The normalized spacial score (nSPS) is 30.2. The lowest BCUT2D eigenvalue weighted by atomic mass is 9.52. The molecular formula is C23H32N4O3. The topological polar surface area (TPSA) is 97.6 Å². The summed E-state index contributed by atoms with van der Waals surface area (Å²) < 4.78 is 5.94. The van der Waals surface area contributed by atoms with E-state index >= 15 is 0 Å². The maximum atomic E-state index is 13.0. The molecule has 3 N–H and O–H groups in total. The van der Waals surface area contributed by atoms with Crippen LogP contribution in [0.25, 0.3) is 0 Å². The van der Waals surface area contributed by atoms with Gasteiger partial charge in [0.05, 0.1) is 0 Å². The van der Waals surface area contributed by atoms with Gasteiger partial charge >= 0.3 is 0 Å². The van der Waals surface area contributed by atoms with Crippen LogP contribution in [0.2, 0.25) is 0 Å². The lowest BCUT2D eigenvalue weighted by molar-refractivity contribution is -0.142. The smallest absolute Gasteiger partial charge is 0.254 e. The molecule has 0 aromatic carbocycles. The van der Waals surface area contributed by atoms with E-state index in [4.69, 9.17) is 10.5 Å². The van der Waals surface area contributed by atoms with Gasteiger partial charge in [0.15, 0.2) is 0 Å². The summed E-state index contributed by atoms with van der Waals surface area (Å²) in [4.78, 5) is 30.6. The third-order valence-corrected chi connectivity index (χ3v) is 7.23. The molecule has 1 aliphatic heterocycles. The number of carbonyl (C=O) groups is 2. The van der Waals surface area contributed by atoms with Gasteiger partial charge < -0.3 is 15.8 Å². The van der Waals surface area contributed by atoms with Gasteiger partial charge in [0.2, 0.25) is 5.88 Å². The van der Waals surface area contributed by atoms with Crippen LogP contribution in [-0.4, -0.2) is 39.9 Å². The molecule has 3 aliphatic rings. The molecule has 2 amide bonds. The van der Waals surface area contributed by atoms with E-state index in [1.807, 2.05) is 4.90 Å². The van der Waals surface area contributed by atoms with Gasteiger partial charge in [-0.05, 0) is 55.6 Å². The number of aromatic nitrogens is 1. The van der Waals surface area contributed by atoms with Gasteiger partial charge in [-0.15, -0.1) is 0 Å². The molecule has 2 heterocycles. The van der Waals surface area contributed by atoms with E-state index in [-0.39, 0.29) is 29.5 Å². The molecule has 1 spiro atoms. The Balaban J connectivity index is 1.29. The number of nitrogens with one attached hydrogen (secondary N) is 1. The number of primary amides is 1. The first-order valence-electron chi connectivity index (χ1n) is 11.1. The van der Waals surface area contributed by atoms with Crippen LogP contribution < -0.4 is 15.8 Å². The van der Waals surface area contributed by atoms with E-state index in [9.17, 15) is 9.59 Å². The molecule has 7 heteroatoms. The first-order chi connectivity index (χ1) is 14.4. The van der Waals surface area contributed by atoms with Crippen molar-refractivity contribution in [1.29, 1.82) is 0 Å². The maximum Gasteiger partial charge on any atom is 0.254 e. The summed E-state index contributed by atoms with van der Waals surface area (Å²) in [5.74, 6) is 1.28. The van der Waals surface area contributed by atoms with E-state index < -0.39 is 5.91 Å². The zero-order chi connectivity index (χ0) is 21.5. The fourth-order valence-electron chi connectivity index (χ4n) is 5.42. The van der Waals surface area contributed by atoms with Crippen LogP contribution >= 0.6 is 0 Å². The van der Waals surface area contributed by atoms with Crippen molar-refractivity contribution in [3.63, 3.8) is 0 Å². The zero-order valence-corrected chi connectivity index (χ0v) is 17.9. The van der Waals surface area contributed by atoms with E-state index in [0.717, 1.165) is 50.8 Å². The zero-order valence-electron chi connectivity index (χ0n) is 17.9. The van der Waals surface area contributed by atoms with Crippen molar-refractivity contribution in [2.45, 2.75) is 77.0 Å². The van der Waals surface area contributed by atoms with Gasteiger partial charge in [-0.3, -0.25) is 14.5 Å². The quantitative estimate of drug-likeness (QED) is 0.684. The molecule has 2 aliphatic carbocycles. The predicted octanol–water partition coefficient (Wildman–Crippen LogP) is 2.97. The Morgan fingerprint density at radius 1 is 1.37 bits per heavy atom. The number of nitrogens with zero attached hydrogens (tertiary/aromatic N) is 2. The molecule has 0 bridgehead atoms. The number of nitrogens with two attached hydrogens (primary N) is 1. The van der Waals surface area contributed by atoms with E-state index in [0.29, 0.717) is 17.4 Å². The number of ether oxygens (including phenoxy) is 1. The Kier molecular flexibility index (Phi) is 5.47. The van der Waals surface area contributed by atoms with Crippen molar-refractivity contribution in [3.8, 4) is 5.88 Å². The third kappa shape index (κ3) is 3.66. The van der Waals surface area contributed by atoms with Crippen LogP contribution in [-0.2, 0) is 4.79 Å². The average molecular weight is 413 g/mol. The van der Waals surface area contributed by atoms with Crippen LogP contribution in [0.15, 0.2) is 30.7 Å². The fourth-order valence-corrected chi connectivity index (χ4v) is 5.42. The Morgan fingerprint density at radius 3 is 2.70 bits per heavy atom. The van der Waals surface area contributed by atoms with Gasteiger partial charge in [-0.2, -0.15) is 0 Å². The molecule has 0 radical (unpaired) electrons. The monoisotopic (exact) mass is 412 g/mol. The van der Waals surface area contributed by atoms with Crippen molar-refractivity contribution in [3.05, 3.63) is 36.3 Å². The highest BCUT2D eigenvalue weighted by molar-refractivity contribution is 5.94. The molecule has 1 unspecified atom stereocenters. The van der Waals surface area contributed by atoms with Crippen LogP contribution in [0.3, 0.4) is 0 Å². The molecule has 1 saturated heterocycles. The third-order valence-electron chi connectivity index (χ3n) is 7.23. The van der Waals surface area contributed by atoms with Crippen molar-refractivity contribution >= 4 is 11.8 Å². The van der Waals surface area contributed by atoms with Crippen LogP contribution in [0, 0.1) is 11.3 Å². The van der Waals surface area contributed by atoms with Gasteiger partial charge in [0.1, 0.15) is 23.5 Å². The molecular weight excluding hydrogens is 380 g/mol. The minimum absolute atomic E-state index is 0.0390. The Labute approximate surface area is 178 Å². The number of amides is 2. The second-order valence-corrected chi connectivity index (χ2v) is 9.20. The summed E-state index contributed by atoms with van der Waals surface area (Å²) in [6.07, 6.45) is 8.48. The van der Waals surface area contributed by atoms with Crippen molar-refractivity contribution < 1.29 is 14.3 Å². The lowest BCUT2D eigenvalue weighted by Crippen LogP contribution is -2.59. The molecule has 7 nitrogen and oxygen atoms in total. The fraction of sp³-hybridized carbons (Fsp3) is 0.609. The Hall–Kier alpha value is -2.57. The number of pyridine rings is 1. The molecule has 30 heavy (non-hydrogen) atoms. The number of hydrogen-bond donors (Lipinski definition) is 2. The molecule has 162 valence electrons. The minimum Gasteiger partial charge on any atom is -0.474 e. The molecule has 4 rings (SSSR count). The first kappa shape index (κ1) is 20.7. The second kappa shape index (κ2) is 7.93. The maximum absolute atomic E-state index is 13.0. The average Bonchev–Trinajstić information content (AvgIpc) is 2.94.